The Morgan fingerprint density at radius 3 is 2.88 bits per heavy atom. The van der Waals surface area contributed by atoms with E-state index < -0.39 is 0 Å². The maximum Gasteiger partial charge on any atom is 0.272 e. The van der Waals surface area contributed by atoms with Crippen molar-refractivity contribution in [2.24, 2.45) is 7.05 Å². The first kappa shape index (κ1) is 9.21. The summed E-state index contributed by atoms with van der Waals surface area (Å²) in [5.74, 6) is 0. The number of hydrogen-bond donors (Lipinski definition) is 1. The highest BCUT2D eigenvalue weighted by molar-refractivity contribution is 6.09. The van der Waals surface area contributed by atoms with E-state index >= 15 is 0 Å². The van der Waals surface area contributed by atoms with Gasteiger partial charge in [-0.25, -0.2) is 0 Å². The Labute approximate surface area is 92.3 Å². The molecule has 0 amide bonds. The van der Waals surface area contributed by atoms with E-state index in [1.54, 1.807) is 6.20 Å². The maximum absolute atomic E-state index is 11.8. The van der Waals surface area contributed by atoms with Crippen LogP contribution in [0.2, 0.25) is 0 Å². The molecule has 3 aromatic rings. The van der Waals surface area contributed by atoms with E-state index in [4.69, 9.17) is 0 Å². The number of rotatable bonds is 0. The van der Waals surface area contributed by atoms with Gasteiger partial charge < -0.3 is 9.55 Å². The smallest absolute Gasteiger partial charge is 0.272 e. The molecule has 0 radical (unpaired) electrons. The van der Waals surface area contributed by atoms with E-state index in [1.807, 2.05) is 29.8 Å². The van der Waals surface area contributed by atoms with Crippen LogP contribution in [0.5, 0.6) is 0 Å². The molecular weight excluding hydrogens is 200 g/mol. The molecule has 0 saturated heterocycles. The van der Waals surface area contributed by atoms with Crippen LogP contribution in [-0.4, -0.2) is 9.55 Å². The number of benzene rings is 1. The molecule has 1 aromatic carbocycles. The van der Waals surface area contributed by atoms with E-state index in [-0.39, 0.29) is 5.56 Å². The third-order valence-electron chi connectivity index (χ3n) is 3.15. The lowest BCUT2D eigenvalue weighted by Crippen LogP contribution is -2.07. The van der Waals surface area contributed by atoms with Gasteiger partial charge in [0.05, 0.1) is 0 Å². The average molecular weight is 212 g/mol. The van der Waals surface area contributed by atoms with Crippen molar-refractivity contribution in [3.63, 3.8) is 0 Å². The molecule has 0 unspecified atom stereocenters. The van der Waals surface area contributed by atoms with Gasteiger partial charge in [-0.15, -0.1) is 0 Å². The second kappa shape index (κ2) is 2.98. The molecule has 0 spiro atoms. The van der Waals surface area contributed by atoms with Crippen LogP contribution in [0.25, 0.3) is 21.8 Å². The molecule has 1 N–H and O–H groups in total. The highest BCUT2D eigenvalue weighted by Gasteiger charge is 2.11. The Kier molecular flexibility index (Phi) is 1.72. The van der Waals surface area contributed by atoms with Crippen LogP contribution in [-0.2, 0) is 7.05 Å². The van der Waals surface area contributed by atoms with Gasteiger partial charge in [0.2, 0.25) is 0 Å². The SMILES string of the molecule is Cc1cccc2c1c1cc[nH]c(=O)c1n2C. The van der Waals surface area contributed by atoms with Crippen molar-refractivity contribution in [3.05, 3.63) is 46.4 Å². The maximum atomic E-state index is 11.8. The third-order valence-corrected chi connectivity index (χ3v) is 3.15. The Balaban J connectivity index is 2.77. The number of nitrogens with zero attached hydrogens (tertiary/aromatic N) is 1. The largest absolute Gasteiger partial charge is 0.339 e. The first-order valence-electron chi connectivity index (χ1n) is 5.25. The lowest BCUT2D eigenvalue weighted by atomic mass is 10.1. The summed E-state index contributed by atoms with van der Waals surface area (Å²) >= 11 is 0. The predicted octanol–water partition coefficient (Wildman–Crippen LogP) is 2.33. The minimum Gasteiger partial charge on any atom is -0.339 e. The summed E-state index contributed by atoms with van der Waals surface area (Å²) in [6.07, 6.45) is 1.70. The summed E-state index contributed by atoms with van der Waals surface area (Å²) < 4.78 is 1.95. The van der Waals surface area contributed by atoms with Crippen molar-refractivity contribution in [2.45, 2.75) is 6.92 Å². The zero-order chi connectivity index (χ0) is 11.3. The Morgan fingerprint density at radius 2 is 2.06 bits per heavy atom. The number of hydrogen-bond acceptors (Lipinski definition) is 1. The summed E-state index contributed by atoms with van der Waals surface area (Å²) in [6, 6.07) is 8.10. The van der Waals surface area contributed by atoms with Gasteiger partial charge in [-0.1, -0.05) is 12.1 Å². The molecule has 3 nitrogen and oxygen atoms in total. The number of aryl methyl sites for hydroxylation is 2. The average Bonchev–Trinajstić information content (AvgIpc) is 2.56. The molecular formula is C13H12N2O. The van der Waals surface area contributed by atoms with Gasteiger partial charge in [-0.05, 0) is 24.6 Å². The highest BCUT2D eigenvalue weighted by atomic mass is 16.1. The second-order valence-electron chi connectivity index (χ2n) is 4.10. The molecule has 80 valence electrons. The zero-order valence-electron chi connectivity index (χ0n) is 9.24. The van der Waals surface area contributed by atoms with Crippen molar-refractivity contribution >= 4 is 21.8 Å². The first-order chi connectivity index (χ1) is 7.70. The second-order valence-corrected chi connectivity index (χ2v) is 4.10. The number of aromatic nitrogens is 2. The molecule has 0 atom stereocenters. The molecule has 0 saturated carbocycles. The number of aromatic amines is 1. The summed E-state index contributed by atoms with van der Waals surface area (Å²) in [7, 11) is 1.93. The number of nitrogens with one attached hydrogen (secondary N) is 1. The van der Waals surface area contributed by atoms with Crippen LogP contribution < -0.4 is 5.56 Å². The molecule has 0 aliphatic heterocycles. The van der Waals surface area contributed by atoms with Gasteiger partial charge >= 0.3 is 0 Å². The Bertz CT molecular complexity index is 750. The minimum atomic E-state index is -0.0319. The molecule has 3 rings (SSSR count). The molecule has 0 aliphatic rings. The summed E-state index contributed by atoms with van der Waals surface area (Å²) in [5.41, 5.74) is 3.02. The van der Waals surface area contributed by atoms with Gasteiger partial charge in [-0.2, -0.15) is 0 Å². The van der Waals surface area contributed by atoms with Gasteiger partial charge in [0, 0.05) is 29.5 Å². The fraction of sp³-hybridized carbons (Fsp3) is 0.154. The van der Waals surface area contributed by atoms with Gasteiger partial charge in [-0.3, -0.25) is 4.79 Å². The van der Waals surface area contributed by atoms with Crippen molar-refractivity contribution in [3.8, 4) is 0 Å². The topological polar surface area (TPSA) is 37.8 Å². The predicted molar refractivity (Wildman–Crippen MR) is 65.8 cm³/mol. The monoisotopic (exact) mass is 212 g/mol. The number of H-pyrrole nitrogens is 1. The van der Waals surface area contributed by atoms with Gasteiger partial charge in [0.1, 0.15) is 5.52 Å². The van der Waals surface area contributed by atoms with Crippen molar-refractivity contribution < 1.29 is 0 Å². The van der Waals surface area contributed by atoms with Gasteiger partial charge in [0.15, 0.2) is 0 Å². The van der Waals surface area contributed by atoms with E-state index in [0.29, 0.717) is 0 Å². The van der Waals surface area contributed by atoms with Crippen molar-refractivity contribution in [1.29, 1.82) is 0 Å². The van der Waals surface area contributed by atoms with E-state index in [0.717, 1.165) is 16.4 Å². The van der Waals surface area contributed by atoms with Crippen molar-refractivity contribution in [2.75, 3.05) is 0 Å². The quantitative estimate of drug-likeness (QED) is 0.610. The van der Waals surface area contributed by atoms with Crippen LogP contribution in [0.1, 0.15) is 5.56 Å². The van der Waals surface area contributed by atoms with Crippen LogP contribution in [0.4, 0.5) is 0 Å². The van der Waals surface area contributed by atoms with Crippen molar-refractivity contribution in [1.82, 2.24) is 9.55 Å². The summed E-state index contributed by atoms with van der Waals surface area (Å²) in [4.78, 5) is 14.5. The van der Waals surface area contributed by atoms with E-state index in [2.05, 4.69) is 18.0 Å². The van der Waals surface area contributed by atoms with Crippen LogP contribution >= 0.6 is 0 Å². The zero-order valence-corrected chi connectivity index (χ0v) is 9.24. The van der Waals surface area contributed by atoms with Crippen LogP contribution in [0.15, 0.2) is 35.3 Å². The molecule has 0 bridgehead atoms. The van der Waals surface area contributed by atoms with Gasteiger partial charge in [0.25, 0.3) is 5.56 Å². The Morgan fingerprint density at radius 1 is 1.25 bits per heavy atom. The third kappa shape index (κ3) is 0.999. The number of fused-ring (bicyclic) bond motifs is 3. The molecule has 2 heterocycles. The van der Waals surface area contributed by atoms with Crippen LogP contribution in [0, 0.1) is 6.92 Å². The summed E-state index contributed by atoms with van der Waals surface area (Å²) in [5, 5.41) is 2.20. The fourth-order valence-corrected chi connectivity index (χ4v) is 2.41. The molecule has 16 heavy (non-hydrogen) atoms. The number of pyridine rings is 1. The molecule has 0 aliphatic carbocycles. The lowest BCUT2D eigenvalue weighted by Gasteiger charge is -1.97. The van der Waals surface area contributed by atoms with E-state index in [9.17, 15) is 4.79 Å². The standard InChI is InChI=1S/C13H12N2O/c1-8-4-3-5-10-11(8)9-6-7-14-13(16)12(9)15(10)2/h3-7H,1-2H3,(H,14,16). The highest BCUT2D eigenvalue weighted by Crippen LogP contribution is 2.27. The lowest BCUT2D eigenvalue weighted by molar-refractivity contribution is 0.999. The normalized spacial score (nSPS) is 11.4. The fourth-order valence-electron chi connectivity index (χ4n) is 2.41. The summed E-state index contributed by atoms with van der Waals surface area (Å²) in [6.45, 7) is 2.07. The van der Waals surface area contributed by atoms with E-state index in [1.165, 1.54) is 10.9 Å². The molecule has 3 heteroatoms. The molecule has 2 aromatic heterocycles. The minimum absolute atomic E-state index is 0.0319. The first-order valence-corrected chi connectivity index (χ1v) is 5.25. The van der Waals surface area contributed by atoms with Crippen LogP contribution in [0.3, 0.4) is 0 Å². The Hall–Kier alpha value is -2.03. The molecule has 0 fully saturated rings.